The minimum atomic E-state index is -0.475. The Morgan fingerprint density at radius 3 is 2.57 bits per heavy atom. The average Bonchev–Trinajstić information content (AvgIpc) is 3.27. The van der Waals surface area contributed by atoms with Crippen molar-refractivity contribution >= 4 is 74.3 Å². The number of aromatic nitrogens is 3. The van der Waals surface area contributed by atoms with Crippen LogP contribution >= 0.6 is 39.1 Å². The molecule has 42 heavy (non-hydrogen) atoms. The Morgan fingerprint density at radius 1 is 1.12 bits per heavy atom. The van der Waals surface area contributed by atoms with Crippen LogP contribution in [0.1, 0.15) is 27.3 Å². The van der Waals surface area contributed by atoms with E-state index >= 15 is 0 Å². The first-order valence-corrected chi connectivity index (χ1v) is 14.2. The Hall–Kier alpha value is -3.93. The minimum absolute atomic E-state index is 0.0391. The lowest BCUT2D eigenvalue weighted by Crippen LogP contribution is -2.37. The van der Waals surface area contributed by atoms with E-state index in [9.17, 15) is 14.4 Å². The molecule has 218 valence electrons. The average molecular weight is 674 g/mol. The van der Waals surface area contributed by atoms with Gasteiger partial charge in [0, 0.05) is 50.2 Å². The number of nitrogens with zero attached hydrogens (tertiary/aromatic N) is 5. The van der Waals surface area contributed by atoms with Crippen LogP contribution in [0.5, 0.6) is 5.75 Å². The van der Waals surface area contributed by atoms with Gasteiger partial charge in [-0.15, -0.1) is 0 Å². The van der Waals surface area contributed by atoms with Gasteiger partial charge in [-0.1, -0.05) is 29.3 Å². The number of ether oxygens (including phenoxy) is 1. The summed E-state index contributed by atoms with van der Waals surface area (Å²) in [6.45, 7) is 1.66. The van der Waals surface area contributed by atoms with E-state index in [1.807, 2.05) is 23.6 Å². The number of hydrogen-bond acceptors (Lipinski definition) is 6. The SMILES string of the molecule is Cc1nc2c(OCc3c(Cl)ccc(N(C)C(=O)CNC(=O)C=Cc4ccc(C(=O)N(C)C)nc4)c3Cl)cccn2c1Br. The van der Waals surface area contributed by atoms with Gasteiger partial charge in [0.2, 0.25) is 11.8 Å². The van der Waals surface area contributed by atoms with Crippen molar-refractivity contribution in [1.82, 2.24) is 24.6 Å². The quantitative estimate of drug-likeness (QED) is 0.245. The second kappa shape index (κ2) is 13.4. The molecule has 3 amide bonds. The van der Waals surface area contributed by atoms with E-state index in [1.54, 1.807) is 51.5 Å². The zero-order valence-electron chi connectivity index (χ0n) is 23.2. The van der Waals surface area contributed by atoms with Crippen molar-refractivity contribution in [1.29, 1.82) is 0 Å². The lowest BCUT2D eigenvalue weighted by molar-refractivity contribution is -0.122. The Morgan fingerprint density at radius 2 is 1.88 bits per heavy atom. The summed E-state index contributed by atoms with van der Waals surface area (Å²) >= 11 is 16.6. The first kappa shape index (κ1) is 31.0. The number of benzene rings is 1. The molecule has 0 radical (unpaired) electrons. The monoisotopic (exact) mass is 672 g/mol. The maximum atomic E-state index is 12.9. The second-order valence-electron chi connectivity index (χ2n) is 9.38. The summed E-state index contributed by atoms with van der Waals surface area (Å²) in [5.74, 6) is -0.556. The van der Waals surface area contributed by atoms with Gasteiger partial charge in [-0.05, 0) is 64.8 Å². The number of amides is 3. The Kier molecular flexibility index (Phi) is 9.87. The number of aryl methyl sites for hydroxylation is 1. The van der Waals surface area contributed by atoms with E-state index in [-0.39, 0.29) is 24.1 Å². The molecule has 0 saturated heterocycles. The second-order valence-corrected chi connectivity index (χ2v) is 10.9. The summed E-state index contributed by atoms with van der Waals surface area (Å²) < 4.78 is 8.73. The molecule has 1 N–H and O–H groups in total. The van der Waals surface area contributed by atoms with Crippen LogP contribution in [0.15, 0.2) is 59.5 Å². The Balaban J connectivity index is 1.38. The molecule has 0 aliphatic heterocycles. The summed E-state index contributed by atoms with van der Waals surface area (Å²) in [7, 11) is 4.83. The number of carbonyl (C=O) groups excluding carboxylic acids is 3. The highest BCUT2D eigenvalue weighted by atomic mass is 79.9. The molecular weight excluding hydrogens is 647 g/mol. The highest BCUT2D eigenvalue weighted by Gasteiger charge is 2.20. The van der Waals surface area contributed by atoms with E-state index in [4.69, 9.17) is 27.9 Å². The van der Waals surface area contributed by atoms with E-state index in [2.05, 4.69) is 31.2 Å². The van der Waals surface area contributed by atoms with Crippen molar-refractivity contribution < 1.29 is 19.1 Å². The molecule has 0 bridgehead atoms. The number of carbonyl (C=O) groups is 3. The Labute approximate surface area is 261 Å². The van der Waals surface area contributed by atoms with Gasteiger partial charge in [0.25, 0.3) is 5.91 Å². The van der Waals surface area contributed by atoms with Crippen molar-refractivity contribution in [3.05, 3.63) is 92.0 Å². The predicted octanol–water partition coefficient (Wildman–Crippen LogP) is 5.18. The van der Waals surface area contributed by atoms with Crippen molar-refractivity contribution in [3.63, 3.8) is 0 Å². The topological polar surface area (TPSA) is 109 Å². The molecule has 13 heteroatoms. The molecule has 1 aromatic carbocycles. The first-order valence-electron chi connectivity index (χ1n) is 12.6. The molecule has 0 fully saturated rings. The summed E-state index contributed by atoms with van der Waals surface area (Å²) in [5, 5.41) is 3.19. The zero-order valence-corrected chi connectivity index (χ0v) is 26.3. The van der Waals surface area contributed by atoms with Gasteiger partial charge in [0.1, 0.15) is 16.9 Å². The molecule has 0 aliphatic carbocycles. The maximum absolute atomic E-state index is 12.9. The van der Waals surface area contributed by atoms with E-state index in [1.165, 1.54) is 28.1 Å². The minimum Gasteiger partial charge on any atom is -0.485 e. The van der Waals surface area contributed by atoms with Crippen LogP contribution in [0, 0.1) is 6.92 Å². The maximum Gasteiger partial charge on any atom is 0.271 e. The number of rotatable bonds is 9. The fourth-order valence-electron chi connectivity index (χ4n) is 3.87. The van der Waals surface area contributed by atoms with E-state index in [0.29, 0.717) is 38.9 Å². The number of likely N-dealkylation sites (N-methyl/N-ethyl adjacent to an activating group) is 1. The van der Waals surface area contributed by atoms with Crippen LogP contribution < -0.4 is 15.0 Å². The summed E-state index contributed by atoms with van der Waals surface area (Å²) in [6.07, 6.45) is 6.17. The molecule has 4 aromatic rings. The van der Waals surface area contributed by atoms with Crippen LogP contribution in [0.3, 0.4) is 0 Å². The molecule has 0 atom stereocenters. The summed E-state index contributed by atoms with van der Waals surface area (Å²) in [5.41, 5.74) is 3.28. The van der Waals surface area contributed by atoms with Crippen molar-refractivity contribution in [2.45, 2.75) is 13.5 Å². The lowest BCUT2D eigenvalue weighted by Gasteiger charge is -2.21. The van der Waals surface area contributed by atoms with Gasteiger partial charge in [-0.3, -0.25) is 23.8 Å². The fourth-order valence-corrected chi connectivity index (χ4v) is 4.85. The number of fused-ring (bicyclic) bond motifs is 1. The summed E-state index contributed by atoms with van der Waals surface area (Å²) in [6, 6.07) is 10.1. The highest BCUT2D eigenvalue weighted by Crippen LogP contribution is 2.35. The van der Waals surface area contributed by atoms with Gasteiger partial charge in [0.05, 0.1) is 22.9 Å². The third-order valence-corrected chi connectivity index (χ3v) is 7.97. The van der Waals surface area contributed by atoms with E-state index < -0.39 is 11.8 Å². The molecule has 4 rings (SSSR count). The zero-order chi connectivity index (χ0) is 30.6. The molecule has 3 aromatic heterocycles. The van der Waals surface area contributed by atoms with Gasteiger partial charge in [0.15, 0.2) is 11.4 Å². The fraction of sp³-hybridized carbons (Fsp3) is 0.207. The van der Waals surface area contributed by atoms with Crippen molar-refractivity contribution in [2.24, 2.45) is 0 Å². The third kappa shape index (κ3) is 6.92. The van der Waals surface area contributed by atoms with Crippen LogP contribution in [0.2, 0.25) is 10.0 Å². The Bertz CT molecular complexity index is 1690. The van der Waals surface area contributed by atoms with Crippen LogP contribution in [0.25, 0.3) is 11.7 Å². The molecule has 0 saturated carbocycles. The predicted molar refractivity (Wildman–Crippen MR) is 166 cm³/mol. The van der Waals surface area contributed by atoms with Gasteiger partial charge in [-0.25, -0.2) is 4.98 Å². The molecule has 0 aliphatic rings. The lowest BCUT2D eigenvalue weighted by atomic mass is 10.2. The van der Waals surface area contributed by atoms with Crippen molar-refractivity contribution in [3.8, 4) is 5.75 Å². The van der Waals surface area contributed by atoms with Gasteiger partial charge >= 0.3 is 0 Å². The van der Waals surface area contributed by atoms with Gasteiger partial charge < -0.3 is 19.9 Å². The molecule has 10 nitrogen and oxygen atoms in total. The van der Waals surface area contributed by atoms with Crippen molar-refractivity contribution in [2.75, 3.05) is 32.6 Å². The number of pyridine rings is 2. The smallest absolute Gasteiger partial charge is 0.271 e. The summed E-state index contributed by atoms with van der Waals surface area (Å²) in [4.78, 5) is 48.6. The highest BCUT2D eigenvalue weighted by molar-refractivity contribution is 9.10. The number of anilines is 1. The molecular formula is C29H27BrCl2N6O4. The molecule has 0 spiro atoms. The van der Waals surface area contributed by atoms with Crippen LogP contribution in [-0.4, -0.2) is 64.7 Å². The first-order chi connectivity index (χ1) is 20.0. The number of halogens is 3. The van der Waals surface area contributed by atoms with Crippen LogP contribution in [0.4, 0.5) is 5.69 Å². The van der Waals surface area contributed by atoms with Crippen LogP contribution in [-0.2, 0) is 16.2 Å². The number of hydrogen-bond donors (Lipinski definition) is 1. The van der Waals surface area contributed by atoms with Gasteiger partial charge in [-0.2, -0.15) is 0 Å². The molecule has 0 unspecified atom stereocenters. The normalized spacial score (nSPS) is 11.1. The number of nitrogens with one attached hydrogen (secondary N) is 1. The number of imidazole rings is 1. The standard InChI is InChI=1S/C29H27BrCl2N6O4/c1-17-27(30)38-13-5-6-23(28(38)35-17)42-16-19-20(31)9-11-22(26(19)32)37(4)25(40)15-34-24(39)12-8-18-7-10-21(33-14-18)29(41)36(2)3/h5-14H,15-16H2,1-4H3,(H,34,39). The molecule has 3 heterocycles. The van der Waals surface area contributed by atoms with E-state index in [0.717, 1.165) is 10.3 Å². The third-order valence-electron chi connectivity index (χ3n) is 6.24. The largest absolute Gasteiger partial charge is 0.485 e.